The van der Waals surface area contributed by atoms with Crippen molar-refractivity contribution < 1.29 is 9.53 Å². The lowest BCUT2D eigenvalue weighted by Gasteiger charge is -2.16. The van der Waals surface area contributed by atoms with Gasteiger partial charge in [-0.05, 0) is 0 Å². The van der Waals surface area contributed by atoms with Crippen LogP contribution in [0.1, 0.15) is 0 Å². The van der Waals surface area contributed by atoms with Crippen molar-refractivity contribution in [2.24, 2.45) is 0 Å². The first-order valence-electron chi connectivity index (χ1n) is 1.91. The Bertz CT molecular complexity index is 133. The molecule has 0 aromatic carbocycles. The smallest absolute Gasteiger partial charge is 0.368 e. The molecule has 0 aromatic rings. The molecule has 0 aliphatic heterocycles. The Morgan fingerprint density at radius 1 is 1.50 bits per heavy atom. The molecule has 10 heavy (non-hydrogen) atoms. The molecule has 0 bridgehead atoms. The zero-order valence-corrected chi connectivity index (χ0v) is 9.46. The zero-order valence-electron chi connectivity index (χ0n) is 4.28. The van der Waals surface area contributed by atoms with E-state index in [9.17, 15) is 4.79 Å². The van der Waals surface area contributed by atoms with E-state index in [1.54, 1.807) is 0 Å². The second-order valence-corrected chi connectivity index (χ2v) is 4.86. The van der Waals surface area contributed by atoms with Gasteiger partial charge in [0.2, 0.25) is 9.36 Å². The third-order valence-corrected chi connectivity index (χ3v) is 2.05. The molecule has 0 rings (SSSR count). The first-order valence-corrected chi connectivity index (χ1v) is 4.56. The van der Waals surface area contributed by atoms with Gasteiger partial charge < -0.3 is 4.74 Å². The molecule has 0 saturated carbocycles. The lowest BCUT2D eigenvalue weighted by atomic mass is 10.8. The van der Waals surface area contributed by atoms with Crippen LogP contribution in [0, 0.1) is 0 Å². The normalized spacial score (nSPS) is 14.5. The Kier molecular flexibility index (Phi) is 5.00. The molecule has 0 fully saturated rings. The Balaban J connectivity index is 3.85. The lowest BCUT2D eigenvalue weighted by molar-refractivity contribution is 0.166. The second kappa shape index (κ2) is 4.40. The summed E-state index contributed by atoms with van der Waals surface area (Å²) in [6.07, 6.45) is 0. The highest BCUT2D eigenvalue weighted by molar-refractivity contribution is 14.1. The molecule has 0 aromatic heterocycles. The van der Waals surface area contributed by atoms with Gasteiger partial charge in [-0.1, -0.05) is 46.4 Å². The predicted molar refractivity (Wildman–Crippen MR) is 50.4 cm³/mol. The first-order chi connectivity index (χ1) is 4.34. The standard InChI is InChI=1S/C3HCl4IO2/c4-1(3(5,6)7)10-2(8)9/h1H. The van der Waals surface area contributed by atoms with E-state index in [4.69, 9.17) is 46.4 Å². The van der Waals surface area contributed by atoms with Crippen LogP contribution in [0.4, 0.5) is 4.79 Å². The number of carbonyl (C=O) groups excluding carboxylic acids is 1. The molecule has 1 unspecified atom stereocenters. The van der Waals surface area contributed by atoms with E-state index in [0.29, 0.717) is 0 Å². The molecule has 60 valence electrons. The number of alkyl halides is 4. The summed E-state index contributed by atoms with van der Waals surface area (Å²) >= 11 is 22.4. The Morgan fingerprint density at radius 2 is 1.90 bits per heavy atom. The number of rotatable bonds is 1. The number of ether oxygens (including phenoxy) is 1. The minimum absolute atomic E-state index is 0.621. The summed E-state index contributed by atoms with van der Waals surface area (Å²) in [5.41, 5.74) is -1.25. The van der Waals surface area contributed by atoms with Gasteiger partial charge in [0.25, 0.3) is 0 Å². The quantitative estimate of drug-likeness (QED) is 0.416. The molecule has 2 nitrogen and oxygen atoms in total. The van der Waals surface area contributed by atoms with Crippen LogP contribution in [-0.4, -0.2) is 13.3 Å². The van der Waals surface area contributed by atoms with Gasteiger partial charge in [-0.2, -0.15) is 0 Å². The summed E-state index contributed by atoms with van der Waals surface area (Å²) in [6.45, 7) is 0. The van der Waals surface area contributed by atoms with Crippen molar-refractivity contribution in [1.29, 1.82) is 0 Å². The van der Waals surface area contributed by atoms with Crippen LogP contribution in [0.25, 0.3) is 0 Å². The highest BCUT2D eigenvalue weighted by Gasteiger charge is 2.33. The van der Waals surface area contributed by atoms with E-state index >= 15 is 0 Å². The summed E-state index contributed by atoms with van der Waals surface area (Å²) in [7, 11) is 0. The van der Waals surface area contributed by atoms with Crippen LogP contribution in [0.15, 0.2) is 0 Å². The van der Waals surface area contributed by atoms with E-state index < -0.39 is 13.3 Å². The van der Waals surface area contributed by atoms with Crippen molar-refractivity contribution in [3.8, 4) is 0 Å². The minimum atomic E-state index is -1.78. The van der Waals surface area contributed by atoms with Gasteiger partial charge in [0.1, 0.15) is 0 Å². The van der Waals surface area contributed by atoms with E-state index in [2.05, 4.69) is 4.74 Å². The van der Waals surface area contributed by atoms with Gasteiger partial charge in [-0.15, -0.1) is 0 Å². The van der Waals surface area contributed by atoms with E-state index in [0.717, 1.165) is 0 Å². The molecular weight excluding hydrogens is 337 g/mol. The fraction of sp³-hybridized carbons (Fsp3) is 0.667. The average Bonchev–Trinajstić information content (AvgIpc) is 1.60. The zero-order chi connectivity index (χ0) is 8.36. The number of hydrogen-bond acceptors (Lipinski definition) is 2. The molecule has 0 amide bonds. The molecule has 0 aliphatic rings. The lowest BCUT2D eigenvalue weighted by Crippen LogP contribution is -2.23. The molecule has 0 radical (unpaired) electrons. The molecule has 0 saturated heterocycles. The predicted octanol–water partition coefficient (Wildman–Crippen LogP) is 3.49. The molecule has 0 N–H and O–H groups in total. The van der Waals surface area contributed by atoms with Crippen LogP contribution < -0.4 is 0 Å². The van der Waals surface area contributed by atoms with Gasteiger partial charge in [-0.25, -0.2) is 4.79 Å². The molecule has 0 spiro atoms. The Labute approximate surface area is 91.2 Å². The summed E-state index contributed by atoms with van der Waals surface area (Å²) < 4.78 is 1.94. The van der Waals surface area contributed by atoms with Crippen LogP contribution in [0.2, 0.25) is 0 Å². The number of carbonyl (C=O) groups is 1. The van der Waals surface area contributed by atoms with E-state index in [1.165, 1.54) is 22.6 Å². The fourth-order valence-corrected chi connectivity index (χ4v) is 0.767. The SMILES string of the molecule is O=C(I)OC(Cl)C(Cl)(Cl)Cl. The largest absolute Gasteiger partial charge is 0.434 e. The average molecular weight is 338 g/mol. The highest BCUT2D eigenvalue weighted by Crippen LogP contribution is 2.34. The maximum absolute atomic E-state index is 10.2. The highest BCUT2D eigenvalue weighted by atomic mass is 127. The summed E-state index contributed by atoms with van der Waals surface area (Å²) in [4.78, 5) is 10.2. The van der Waals surface area contributed by atoms with Crippen molar-refractivity contribution >= 4 is 73.0 Å². The number of hydrogen-bond donors (Lipinski definition) is 0. The van der Waals surface area contributed by atoms with Gasteiger partial charge >= 0.3 is 3.98 Å². The van der Waals surface area contributed by atoms with Crippen molar-refractivity contribution in [2.45, 2.75) is 9.36 Å². The monoisotopic (exact) mass is 336 g/mol. The van der Waals surface area contributed by atoms with Crippen LogP contribution in [0.3, 0.4) is 0 Å². The van der Waals surface area contributed by atoms with Crippen molar-refractivity contribution in [2.75, 3.05) is 0 Å². The van der Waals surface area contributed by atoms with Crippen molar-refractivity contribution in [3.63, 3.8) is 0 Å². The van der Waals surface area contributed by atoms with Gasteiger partial charge in [0.15, 0.2) is 0 Å². The fourth-order valence-electron chi connectivity index (χ4n) is 0.148. The molecular formula is C3HCl4IO2. The second-order valence-electron chi connectivity index (χ2n) is 1.21. The third-order valence-electron chi connectivity index (χ3n) is 0.453. The van der Waals surface area contributed by atoms with Crippen LogP contribution >= 0.6 is 69.0 Å². The summed E-state index contributed by atoms with van der Waals surface area (Å²) in [5, 5.41) is 0. The Hall–Kier alpha value is 1.36. The van der Waals surface area contributed by atoms with Crippen LogP contribution in [0.5, 0.6) is 0 Å². The topological polar surface area (TPSA) is 26.3 Å². The summed E-state index contributed by atoms with van der Waals surface area (Å²) in [6, 6.07) is 0. The van der Waals surface area contributed by atoms with Gasteiger partial charge in [0.05, 0.1) is 22.6 Å². The summed E-state index contributed by atoms with van der Waals surface area (Å²) in [5.74, 6) is 0. The molecule has 1 atom stereocenters. The maximum atomic E-state index is 10.2. The molecule has 0 heterocycles. The maximum Gasteiger partial charge on any atom is 0.368 e. The van der Waals surface area contributed by atoms with E-state index in [1.807, 2.05) is 0 Å². The number of halogens is 5. The van der Waals surface area contributed by atoms with Gasteiger partial charge in [0, 0.05) is 0 Å². The minimum Gasteiger partial charge on any atom is -0.434 e. The van der Waals surface area contributed by atoms with E-state index in [-0.39, 0.29) is 0 Å². The molecule has 7 heteroatoms. The van der Waals surface area contributed by atoms with Gasteiger partial charge in [-0.3, -0.25) is 0 Å². The third kappa shape index (κ3) is 5.07. The molecule has 0 aliphatic carbocycles. The van der Waals surface area contributed by atoms with Crippen molar-refractivity contribution in [3.05, 3.63) is 0 Å². The van der Waals surface area contributed by atoms with Crippen molar-refractivity contribution in [1.82, 2.24) is 0 Å². The first kappa shape index (κ1) is 11.4. The Morgan fingerprint density at radius 3 is 2.00 bits per heavy atom. The van der Waals surface area contributed by atoms with Crippen LogP contribution in [-0.2, 0) is 4.74 Å².